The van der Waals surface area contributed by atoms with Crippen LogP contribution in [0.15, 0.2) is 103 Å². The van der Waals surface area contributed by atoms with Crippen LogP contribution < -0.4 is 0 Å². The van der Waals surface area contributed by atoms with E-state index < -0.39 is 29.8 Å². The molecular weight excluding hydrogens is 434 g/mol. The summed E-state index contributed by atoms with van der Waals surface area (Å²) in [7, 11) is -8.54. The van der Waals surface area contributed by atoms with Crippen LogP contribution >= 0.6 is 0 Å². The number of aryl methyl sites for hydroxylation is 2. The van der Waals surface area contributed by atoms with Crippen LogP contribution in [0.4, 0.5) is 0 Å². The number of rotatable bonds is 5. The molecule has 0 saturated heterocycles. The molecule has 0 unspecified atom stereocenters. The standard InChI is InChI=1S/C23H19NO5S2/c1-16-8-12-19(13-9-16)30(25,26)22-23(29-21(24-22)18-6-4-3-5-7-18)31(27,28)20-14-10-17(2)11-15-20/h3-15H,1-2H3. The highest BCUT2D eigenvalue weighted by atomic mass is 32.2. The van der Waals surface area contributed by atoms with E-state index in [4.69, 9.17) is 4.42 Å². The van der Waals surface area contributed by atoms with Crippen molar-refractivity contribution in [3.63, 3.8) is 0 Å². The van der Waals surface area contributed by atoms with Crippen LogP contribution in [0.5, 0.6) is 0 Å². The zero-order chi connectivity index (χ0) is 22.2. The van der Waals surface area contributed by atoms with E-state index in [0.29, 0.717) is 5.56 Å². The number of oxazole rings is 1. The number of hydrogen-bond acceptors (Lipinski definition) is 6. The molecule has 0 bridgehead atoms. The Hall–Kier alpha value is -3.23. The van der Waals surface area contributed by atoms with Crippen molar-refractivity contribution < 1.29 is 21.3 Å². The SMILES string of the molecule is Cc1ccc(S(=O)(=O)c2nc(-c3ccccc3)oc2S(=O)(=O)c2ccc(C)cc2)cc1. The van der Waals surface area contributed by atoms with Crippen molar-refractivity contribution in [2.45, 2.75) is 33.8 Å². The van der Waals surface area contributed by atoms with Crippen molar-refractivity contribution in [3.05, 3.63) is 90.0 Å². The van der Waals surface area contributed by atoms with Crippen molar-refractivity contribution in [2.24, 2.45) is 0 Å². The van der Waals surface area contributed by atoms with Gasteiger partial charge in [-0.15, -0.1) is 0 Å². The normalized spacial score (nSPS) is 12.1. The van der Waals surface area contributed by atoms with E-state index in [9.17, 15) is 16.8 Å². The average Bonchev–Trinajstić information content (AvgIpc) is 3.22. The molecule has 0 saturated carbocycles. The summed E-state index contributed by atoms with van der Waals surface area (Å²) in [6.07, 6.45) is 0. The van der Waals surface area contributed by atoms with Crippen molar-refractivity contribution in [3.8, 4) is 11.5 Å². The largest absolute Gasteiger partial charge is 0.423 e. The maximum atomic E-state index is 13.4. The van der Waals surface area contributed by atoms with Gasteiger partial charge in [0.15, 0.2) is 0 Å². The molecule has 1 heterocycles. The lowest BCUT2D eigenvalue weighted by Gasteiger charge is -2.06. The van der Waals surface area contributed by atoms with Gasteiger partial charge in [0.05, 0.1) is 9.79 Å². The maximum Gasteiger partial charge on any atom is 0.263 e. The highest BCUT2D eigenvalue weighted by Gasteiger charge is 2.36. The van der Waals surface area contributed by atoms with Crippen LogP contribution in [0.3, 0.4) is 0 Å². The Kier molecular flexibility index (Phi) is 5.28. The molecule has 3 aromatic carbocycles. The van der Waals surface area contributed by atoms with Gasteiger partial charge in [-0.05, 0) is 50.2 Å². The number of sulfone groups is 2. The predicted octanol–water partition coefficient (Wildman–Crippen LogP) is 4.62. The fourth-order valence-electron chi connectivity index (χ4n) is 2.99. The Balaban J connectivity index is 1.97. The fraction of sp³-hybridized carbons (Fsp3) is 0.0870. The molecule has 0 radical (unpaired) electrons. The van der Waals surface area contributed by atoms with Crippen molar-refractivity contribution >= 4 is 19.7 Å². The van der Waals surface area contributed by atoms with Gasteiger partial charge in [-0.2, -0.15) is 4.98 Å². The number of benzene rings is 3. The first kappa shape index (κ1) is 21.0. The van der Waals surface area contributed by atoms with Gasteiger partial charge in [-0.25, -0.2) is 16.8 Å². The molecule has 0 aliphatic carbocycles. The van der Waals surface area contributed by atoms with E-state index in [2.05, 4.69) is 4.98 Å². The van der Waals surface area contributed by atoms with Crippen LogP contribution in [0.1, 0.15) is 11.1 Å². The number of nitrogens with zero attached hydrogens (tertiary/aromatic N) is 1. The summed E-state index contributed by atoms with van der Waals surface area (Å²) in [4.78, 5) is 3.99. The minimum absolute atomic E-state index is 0.0635. The van der Waals surface area contributed by atoms with E-state index in [1.54, 1.807) is 54.6 Å². The smallest absolute Gasteiger partial charge is 0.263 e. The summed E-state index contributed by atoms with van der Waals surface area (Å²) in [6.45, 7) is 3.65. The first-order valence-electron chi connectivity index (χ1n) is 9.39. The third-order valence-electron chi connectivity index (χ3n) is 4.75. The Bertz CT molecular complexity index is 1340. The monoisotopic (exact) mass is 453 g/mol. The zero-order valence-corrected chi connectivity index (χ0v) is 18.4. The molecule has 0 spiro atoms. The van der Waals surface area contributed by atoms with Crippen LogP contribution in [0.2, 0.25) is 0 Å². The molecule has 0 aliphatic rings. The van der Waals surface area contributed by atoms with Crippen molar-refractivity contribution in [1.82, 2.24) is 4.98 Å². The maximum absolute atomic E-state index is 13.4. The molecule has 1 aromatic heterocycles. The molecule has 8 heteroatoms. The number of hydrogen-bond donors (Lipinski definition) is 0. The molecule has 158 valence electrons. The molecule has 0 fully saturated rings. The highest BCUT2D eigenvalue weighted by molar-refractivity contribution is 7.94. The first-order valence-corrected chi connectivity index (χ1v) is 12.4. The molecule has 4 aromatic rings. The summed E-state index contributed by atoms with van der Waals surface area (Å²) in [5.74, 6) is -0.0861. The van der Waals surface area contributed by atoms with E-state index in [1.807, 2.05) is 13.8 Å². The summed E-state index contributed by atoms with van der Waals surface area (Å²) in [5, 5.41) is -1.33. The summed E-state index contributed by atoms with van der Waals surface area (Å²) in [6, 6.07) is 20.8. The van der Waals surface area contributed by atoms with Gasteiger partial charge >= 0.3 is 0 Å². The minimum atomic E-state index is -4.28. The Labute approximate surface area is 181 Å². The molecule has 4 rings (SSSR count). The molecule has 0 atom stereocenters. The second-order valence-electron chi connectivity index (χ2n) is 7.11. The number of aromatic nitrogens is 1. The first-order chi connectivity index (χ1) is 14.7. The van der Waals surface area contributed by atoms with E-state index >= 15 is 0 Å². The molecule has 0 N–H and O–H groups in total. The van der Waals surface area contributed by atoms with E-state index in [-0.39, 0.29) is 15.7 Å². The van der Waals surface area contributed by atoms with Crippen LogP contribution in [-0.2, 0) is 19.7 Å². The lowest BCUT2D eigenvalue weighted by molar-refractivity contribution is 0.445. The van der Waals surface area contributed by atoms with Gasteiger partial charge in [0.25, 0.3) is 5.09 Å². The quantitative estimate of drug-likeness (QED) is 0.437. The second kappa shape index (κ2) is 7.79. The van der Waals surface area contributed by atoms with Crippen LogP contribution in [0, 0.1) is 13.8 Å². The summed E-state index contributed by atoms with van der Waals surface area (Å²) >= 11 is 0. The highest BCUT2D eigenvalue weighted by Crippen LogP contribution is 2.34. The average molecular weight is 454 g/mol. The minimum Gasteiger partial charge on any atom is -0.423 e. The second-order valence-corrected chi connectivity index (χ2v) is 10.8. The van der Waals surface area contributed by atoms with Crippen molar-refractivity contribution in [1.29, 1.82) is 0 Å². The fourth-order valence-corrected chi connectivity index (χ4v) is 6.00. The zero-order valence-electron chi connectivity index (χ0n) is 16.8. The molecular formula is C23H19NO5S2. The Morgan fingerprint density at radius 1 is 0.645 bits per heavy atom. The Morgan fingerprint density at radius 2 is 1.13 bits per heavy atom. The predicted molar refractivity (Wildman–Crippen MR) is 115 cm³/mol. The Morgan fingerprint density at radius 3 is 1.65 bits per heavy atom. The molecule has 31 heavy (non-hydrogen) atoms. The molecule has 0 aliphatic heterocycles. The third-order valence-corrected chi connectivity index (χ3v) is 8.21. The topological polar surface area (TPSA) is 94.3 Å². The van der Waals surface area contributed by atoms with Gasteiger partial charge in [0.2, 0.25) is 30.6 Å². The lowest BCUT2D eigenvalue weighted by Crippen LogP contribution is -2.10. The van der Waals surface area contributed by atoms with Gasteiger partial charge in [-0.1, -0.05) is 53.6 Å². The van der Waals surface area contributed by atoms with Crippen LogP contribution in [-0.4, -0.2) is 21.8 Å². The van der Waals surface area contributed by atoms with Gasteiger partial charge in [-0.3, -0.25) is 0 Å². The molecule has 6 nitrogen and oxygen atoms in total. The molecule has 0 amide bonds. The summed E-state index contributed by atoms with van der Waals surface area (Å²) in [5.41, 5.74) is 2.21. The van der Waals surface area contributed by atoms with Crippen LogP contribution in [0.25, 0.3) is 11.5 Å². The van der Waals surface area contributed by atoms with Gasteiger partial charge in [0.1, 0.15) is 0 Å². The summed E-state index contributed by atoms with van der Waals surface area (Å²) < 4.78 is 59.0. The van der Waals surface area contributed by atoms with Gasteiger partial charge < -0.3 is 4.42 Å². The lowest BCUT2D eigenvalue weighted by atomic mass is 10.2. The van der Waals surface area contributed by atoms with Crippen molar-refractivity contribution in [2.75, 3.05) is 0 Å². The third kappa shape index (κ3) is 3.92. The van der Waals surface area contributed by atoms with E-state index in [1.165, 1.54) is 24.3 Å². The van der Waals surface area contributed by atoms with Gasteiger partial charge in [0, 0.05) is 5.56 Å². The van der Waals surface area contributed by atoms with E-state index in [0.717, 1.165) is 11.1 Å².